The summed E-state index contributed by atoms with van der Waals surface area (Å²) >= 11 is 3.42. The Kier molecular flexibility index (Phi) is 6.65. The van der Waals surface area contributed by atoms with Crippen molar-refractivity contribution < 1.29 is 22.5 Å². The van der Waals surface area contributed by atoms with Crippen LogP contribution in [-0.2, 0) is 20.5 Å². The van der Waals surface area contributed by atoms with E-state index >= 15 is 0 Å². The number of hydrogen-bond acceptors (Lipinski definition) is 4. The Labute approximate surface area is 179 Å². The topological polar surface area (TPSA) is 83.9 Å². The maximum Gasteiger partial charge on any atom is 0.411 e. The fourth-order valence-corrected chi connectivity index (χ4v) is 4.52. The van der Waals surface area contributed by atoms with E-state index in [1.807, 2.05) is 61.5 Å². The van der Waals surface area contributed by atoms with Gasteiger partial charge < -0.3 is 9.64 Å². The largest absolute Gasteiger partial charge is 0.438 e. The number of nitrogens with zero attached hydrogens (tertiary/aromatic N) is 1. The van der Waals surface area contributed by atoms with E-state index in [0.717, 1.165) is 15.6 Å². The van der Waals surface area contributed by atoms with E-state index in [9.17, 15) is 13.2 Å². The molecule has 0 saturated carbocycles. The minimum absolute atomic E-state index is 0.151. The van der Waals surface area contributed by atoms with E-state index < -0.39 is 21.8 Å². The molecule has 0 unspecified atom stereocenters. The predicted octanol–water partition coefficient (Wildman–Crippen LogP) is 4.92. The van der Waals surface area contributed by atoms with Crippen LogP contribution < -0.4 is 0 Å². The molecule has 1 N–H and O–H groups in total. The summed E-state index contributed by atoms with van der Waals surface area (Å²) in [5.74, 6) is -0.363. The van der Waals surface area contributed by atoms with E-state index in [2.05, 4.69) is 15.9 Å². The highest BCUT2D eigenvalue weighted by atomic mass is 79.9. The Morgan fingerprint density at radius 3 is 2.41 bits per heavy atom. The third-order valence-electron chi connectivity index (χ3n) is 5.38. The van der Waals surface area contributed by atoms with E-state index in [4.69, 9.17) is 9.29 Å². The summed E-state index contributed by atoms with van der Waals surface area (Å²) in [6, 6.07) is 17.0. The zero-order valence-electron chi connectivity index (χ0n) is 16.1. The van der Waals surface area contributed by atoms with Crippen LogP contribution in [0.3, 0.4) is 0 Å². The summed E-state index contributed by atoms with van der Waals surface area (Å²) in [4.78, 5) is 14.6. The average molecular weight is 482 g/mol. The van der Waals surface area contributed by atoms with Crippen LogP contribution in [0.2, 0.25) is 0 Å². The highest BCUT2D eigenvalue weighted by molar-refractivity contribution is 9.10. The number of ether oxygens (including phenoxy) is 1. The predicted molar refractivity (Wildman–Crippen MR) is 114 cm³/mol. The lowest BCUT2D eigenvalue weighted by Crippen LogP contribution is -2.48. The van der Waals surface area contributed by atoms with Crippen LogP contribution in [0.1, 0.15) is 43.4 Å². The molecule has 0 aromatic heterocycles. The minimum Gasteiger partial charge on any atom is -0.438 e. The summed E-state index contributed by atoms with van der Waals surface area (Å²) in [6.07, 6.45) is 0.629. The van der Waals surface area contributed by atoms with Crippen LogP contribution in [0.4, 0.5) is 4.79 Å². The molecule has 2 aromatic carbocycles. The second-order valence-electron chi connectivity index (χ2n) is 7.29. The van der Waals surface area contributed by atoms with Crippen LogP contribution in [0, 0.1) is 0 Å². The van der Waals surface area contributed by atoms with Gasteiger partial charge in [0.15, 0.2) is 0 Å². The minimum atomic E-state index is -4.07. The molecule has 1 amide bonds. The highest BCUT2D eigenvalue weighted by Crippen LogP contribution is 2.40. The normalized spacial score (nSPS) is 20.9. The number of hydrogen-bond donors (Lipinski definition) is 1. The fraction of sp³-hybridized carbons (Fsp3) is 0.381. The van der Waals surface area contributed by atoms with Gasteiger partial charge >= 0.3 is 6.09 Å². The Balaban J connectivity index is 1.80. The van der Waals surface area contributed by atoms with Crippen molar-refractivity contribution >= 4 is 32.1 Å². The first-order chi connectivity index (χ1) is 13.7. The van der Waals surface area contributed by atoms with Gasteiger partial charge in [-0.15, -0.1) is 0 Å². The molecule has 2 aromatic rings. The van der Waals surface area contributed by atoms with Crippen molar-refractivity contribution in [1.82, 2.24) is 4.90 Å². The first-order valence-corrected chi connectivity index (χ1v) is 11.9. The monoisotopic (exact) mass is 481 g/mol. The number of cyclic esters (lactones) is 1. The zero-order valence-corrected chi connectivity index (χ0v) is 18.5. The molecule has 6 nitrogen and oxygen atoms in total. The van der Waals surface area contributed by atoms with Crippen LogP contribution in [0.5, 0.6) is 0 Å². The molecule has 1 aliphatic rings. The third-order valence-corrected chi connectivity index (χ3v) is 6.71. The first-order valence-electron chi connectivity index (χ1n) is 9.46. The quantitative estimate of drug-likeness (QED) is 0.567. The van der Waals surface area contributed by atoms with Gasteiger partial charge in [0.25, 0.3) is 10.1 Å². The standard InChI is InChI=1S/C21H24BrNO5S/c1-16(17-8-10-19(22)11-9-17)23-14-13-21(28-20(23)24,12-5-15-29(25,26)27)18-6-3-2-4-7-18/h2-4,6-11,16H,5,12-15H2,1H3,(H,25,26,27)/t16-,21+/m0/s1. The highest BCUT2D eigenvalue weighted by Gasteiger charge is 2.43. The molecule has 1 heterocycles. The van der Waals surface area contributed by atoms with Gasteiger partial charge in [0.05, 0.1) is 11.8 Å². The van der Waals surface area contributed by atoms with Gasteiger partial charge in [-0.1, -0.05) is 58.4 Å². The van der Waals surface area contributed by atoms with Crippen LogP contribution in [0.25, 0.3) is 0 Å². The zero-order chi connectivity index (χ0) is 21.1. The number of benzene rings is 2. The van der Waals surface area contributed by atoms with Gasteiger partial charge in [0, 0.05) is 17.4 Å². The molecule has 2 atom stereocenters. The molecular weight excluding hydrogens is 458 g/mol. The van der Waals surface area contributed by atoms with E-state index in [0.29, 0.717) is 19.4 Å². The lowest BCUT2D eigenvalue weighted by Gasteiger charge is -2.43. The molecule has 3 rings (SSSR count). The molecule has 0 radical (unpaired) electrons. The molecule has 1 aliphatic heterocycles. The third kappa shape index (κ3) is 5.38. The molecule has 0 bridgehead atoms. The van der Waals surface area contributed by atoms with Crippen molar-refractivity contribution in [2.45, 2.75) is 37.8 Å². The fourth-order valence-electron chi connectivity index (χ4n) is 3.75. The van der Waals surface area contributed by atoms with Crippen molar-refractivity contribution in [2.75, 3.05) is 12.3 Å². The van der Waals surface area contributed by atoms with Crippen molar-refractivity contribution in [1.29, 1.82) is 0 Å². The Bertz CT molecular complexity index is 949. The lowest BCUT2D eigenvalue weighted by atomic mass is 9.84. The Morgan fingerprint density at radius 2 is 1.83 bits per heavy atom. The Hall–Kier alpha value is -1.90. The number of carbonyl (C=O) groups excluding carboxylic acids is 1. The first kappa shape index (κ1) is 21.8. The second-order valence-corrected chi connectivity index (χ2v) is 9.78. The van der Waals surface area contributed by atoms with Gasteiger partial charge in [-0.3, -0.25) is 4.55 Å². The van der Waals surface area contributed by atoms with Crippen molar-refractivity contribution in [3.63, 3.8) is 0 Å². The van der Waals surface area contributed by atoms with Gasteiger partial charge in [0.2, 0.25) is 0 Å². The van der Waals surface area contributed by atoms with Gasteiger partial charge in [-0.25, -0.2) is 4.79 Å². The van der Waals surface area contributed by atoms with Crippen LogP contribution in [-0.4, -0.2) is 36.3 Å². The smallest absolute Gasteiger partial charge is 0.411 e. The SMILES string of the molecule is C[C@@H](c1ccc(Br)cc1)N1CC[C@](CCCS(=O)(=O)O)(c2ccccc2)OC1=O. The number of rotatable bonds is 7. The molecule has 156 valence electrons. The van der Waals surface area contributed by atoms with E-state index in [-0.39, 0.29) is 18.2 Å². The molecule has 29 heavy (non-hydrogen) atoms. The number of amides is 1. The summed E-state index contributed by atoms with van der Waals surface area (Å²) < 4.78 is 38.3. The van der Waals surface area contributed by atoms with E-state index in [1.54, 1.807) is 4.90 Å². The van der Waals surface area contributed by atoms with Gasteiger partial charge in [-0.05, 0) is 43.0 Å². The summed E-state index contributed by atoms with van der Waals surface area (Å²) in [6.45, 7) is 2.44. The second kappa shape index (κ2) is 8.85. The van der Waals surface area contributed by atoms with E-state index in [1.165, 1.54) is 0 Å². The molecular formula is C21H24BrNO5S. The maximum atomic E-state index is 13.0. The molecule has 1 fully saturated rings. The average Bonchev–Trinajstić information content (AvgIpc) is 2.68. The van der Waals surface area contributed by atoms with Gasteiger partial charge in [-0.2, -0.15) is 8.42 Å². The maximum absolute atomic E-state index is 13.0. The van der Waals surface area contributed by atoms with Crippen molar-refractivity contribution in [3.8, 4) is 0 Å². The number of halogens is 1. The van der Waals surface area contributed by atoms with Crippen molar-refractivity contribution in [2.24, 2.45) is 0 Å². The summed E-state index contributed by atoms with van der Waals surface area (Å²) in [5.41, 5.74) is 0.933. The molecule has 8 heteroatoms. The molecule has 0 spiro atoms. The Morgan fingerprint density at radius 1 is 1.17 bits per heavy atom. The van der Waals surface area contributed by atoms with Crippen LogP contribution in [0.15, 0.2) is 59.1 Å². The van der Waals surface area contributed by atoms with Crippen LogP contribution >= 0.6 is 15.9 Å². The van der Waals surface area contributed by atoms with Crippen molar-refractivity contribution in [3.05, 3.63) is 70.2 Å². The number of carbonyl (C=O) groups is 1. The summed E-state index contributed by atoms with van der Waals surface area (Å²) in [7, 11) is -4.07. The molecule has 1 saturated heterocycles. The van der Waals surface area contributed by atoms with Gasteiger partial charge in [0.1, 0.15) is 5.60 Å². The lowest BCUT2D eigenvalue weighted by molar-refractivity contribution is -0.0657. The summed E-state index contributed by atoms with van der Waals surface area (Å²) in [5, 5.41) is 0. The molecule has 0 aliphatic carbocycles.